The molecule has 0 unspecified atom stereocenters. The molecule has 39 heavy (non-hydrogen) atoms. The van der Waals surface area contributed by atoms with Crippen LogP contribution in [0.4, 0.5) is 5.69 Å². The molecule has 1 heterocycles. The molecule has 7 nitrogen and oxygen atoms in total. The van der Waals surface area contributed by atoms with Gasteiger partial charge in [-0.25, -0.2) is 13.8 Å². The number of nitrogens with zero attached hydrogens (tertiary/aromatic N) is 3. The zero-order valence-corrected chi connectivity index (χ0v) is 24.0. The van der Waals surface area contributed by atoms with Crippen molar-refractivity contribution in [3.05, 3.63) is 112 Å². The average Bonchev–Trinajstić information content (AvgIpc) is 3.18. The Bertz CT molecular complexity index is 1630. The molecule has 0 aliphatic carbocycles. The fourth-order valence-electron chi connectivity index (χ4n) is 4.49. The number of aryl methyl sites for hydroxylation is 4. The monoisotopic (exact) mass is 542 g/mol. The molecule has 0 bridgehead atoms. The van der Waals surface area contributed by atoms with Gasteiger partial charge in [-0.3, -0.25) is 9.10 Å². The SMILES string of the molecule is Cc1ccc(-n2c(C)cc(/C=N\NC(=O)CN(c3cccc(C)c3C)S(=O)(=O)c3ccc(C)cc3)c2C)cc1. The van der Waals surface area contributed by atoms with Crippen LogP contribution < -0.4 is 9.73 Å². The van der Waals surface area contributed by atoms with Crippen LogP contribution in [0.2, 0.25) is 0 Å². The third-order valence-electron chi connectivity index (χ3n) is 6.90. The number of nitrogens with one attached hydrogen (secondary N) is 1. The van der Waals surface area contributed by atoms with Gasteiger partial charge in [0.15, 0.2) is 0 Å². The molecule has 0 saturated heterocycles. The second kappa shape index (κ2) is 11.3. The number of carbonyl (C=O) groups excluding carboxylic acids is 1. The lowest BCUT2D eigenvalue weighted by Gasteiger charge is -2.26. The van der Waals surface area contributed by atoms with Crippen LogP contribution >= 0.6 is 0 Å². The highest BCUT2D eigenvalue weighted by Gasteiger charge is 2.28. The number of hydrazone groups is 1. The lowest BCUT2D eigenvalue weighted by Crippen LogP contribution is -2.40. The molecular weight excluding hydrogens is 508 g/mol. The van der Waals surface area contributed by atoms with Crippen LogP contribution in [0.15, 0.2) is 82.8 Å². The van der Waals surface area contributed by atoms with Gasteiger partial charge in [0.25, 0.3) is 15.9 Å². The predicted octanol–water partition coefficient (Wildman–Crippen LogP) is 5.67. The van der Waals surface area contributed by atoms with Crippen molar-refractivity contribution in [2.75, 3.05) is 10.8 Å². The van der Waals surface area contributed by atoms with Crippen LogP contribution in [-0.2, 0) is 14.8 Å². The molecule has 1 amide bonds. The Balaban J connectivity index is 1.58. The first kappa shape index (κ1) is 27.9. The largest absolute Gasteiger partial charge is 0.318 e. The van der Waals surface area contributed by atoms with Gasteiger partial charge < -0.3 is 4.57 Å². The Morgan fingerprint density at radius 2 is 1.51 bits per heavy atom. The molecule has 0 aliphatic rings. The van der Waals surface area contributed by atoms with E-state index < -0.39 is 22.5 Å². The number of hydrogen-bond donors (Lipinski definition) is 1. The third kappa shape index (κ3) is 5.96. The average molecular weight is 543 g/mol. The molecule has 0 atom stereocenters. The van der Waals surface area contributed by atoms with Crippen molar-refractivity contribution in [1.82, 2.24) is 9.99 Å². The number of aromatic nitrogens is 1. The van der Waals surface area contributed by atoms with Gasteiger partial charge in [-0.2, -0.15) is 5.10 Å². The third-order valence-corrected chi connectivity index (χ3v) is 8.67. The predicted molar refractivity (Wildman–Crippen MR) is 157 cm³/mol. The van der Waals surface area contributed by atoms with E-state index in [1.807, 2.05) is 53.7 Å². The van der Waals surface area contributed by atoms with E-state index in [9.17, 15) is 13.2 Å². The smallest absolute Gasteiger partial charge is 0.264 e. The van der Waals surface area contributed by atoms with Gasteiger partial charge in [-0.15, -0.1) is 0 Å². The molecular formula is C31H34N4O3S. The van der Waals surface area contributed by atoms with Gasteiger partial charge in [0.05, 0.1) is 16.8 Å². The first-order valence-electron chi connectivity index (χ1n) is 12.7. The fraction of sp³-hybridized carbons (Fsp3) is 0.226. The fourth-order valence-corrected chi connectivity index (χ4v) is 5.97. The zero-order valence-electron chi connectivity index (χ0n) is 23.2. The summed E-state index contributed by atoms with van der Waals surface area (Å²) in [6.45, 7) is 11.3. The maximum atomic E-state index is 13.7. The van der Waals surface area contributed by atoms with Crippen molar-refractivity contribution in [3.8, 4) is 5.69 Å². The van der Waals surface area contributed by atoms with Gasteiger partial charge in [0.1, 0.15) is 6.54 Å². The molecule has 0 aliphatic heterocycles. The first-order valence-corrected chi connectivity index (χ1v) is 14.2. The number of benzene rings is 3. The minimum atomic E-state index is -4.01. The highest BCUT2D eigenvalue weighted by atomic mass is 32.2. The van der Waals surface area contributed by atoms with Crippen LogP contribution in [0.25, 0.3) is 5.69 Å². The van der Waals surface area contributed by atoms with Crippen molar-refractivity contribution in [2.45, 2.75) is 46.4 Å². The van der Waals surface area contributed by atoms with Crippen molar-refractivity contribution in [1.29, 1.82) is 0 Å². The molecule has 4 rings (SSSR count). The van der Waals surface area contributed by atoms with Gasteiger partial charge in [0.2, 0.25) is 0 Å². The lowest BCUT2D eigenvalue weighted by atomic mass is 10.1. The summed E-state index contributed by atoms with van der Waals surface area (Å²) in [6.07, 6.45) is 1.58. The van der Waals surface area contributed by atoms with Gasteiger partial charge in [-0.05, 0) is 89.1 Å². The van der Waals surface area contributed by atoms with Crippen molar-refractivity contribution in [2.24, 2.45) is 5.10 Å². The number of anilines is 1. The van der Waals surface area contributed by atoms with Crippen LogP contribution in [0, 0.1) is 41.5 Å². The molecule has 0 spiro atoms. The van der Waals surface area contributed by atoms with E-state index in [1.165, 1.54) is 5.56 Å². The van der Waals surface area contributed by atoms with E-state index >= 15 is 0 Å². The van der Waals surface area contributed by atoms with Crippen LogP contribution in [0.1, 0.15) is 39.2 Å². The summed E-state index contributed by atoms with van der Waals surface area (Å²) in [6, 6.07) is 22.3. The topological polar surface area (TPSA) is 83.8 Å². The highest BCUT2D eigenvalue weighted by molar-refractivity contribution is 7.92. The molecule has 202 valence electrons. The molecule has 8 heteroatoms. The van der Waals surface area contributed by atoms with E-state index in [1.54, 1.807) is 42.6 Å². The summed E-state index contributed by atoms with van der Waals surface area (Å²) in [7, 11) is -4.01. The maximum absolute atomic E-state index is 13.7. The Labute approximate surface area is 230 Å². The number of carbonyl (C=O) groups is 1. The van der Waals surface area contributed by atoms with E-state index in [-0.39, 0.29) is 4.90 Å². The lowest BCUT2D eigenvalue weighted by molar-refractivity contribution is -0.119. The number of hydrogen-bond acceptors (Lipinski definition) is 4. The van der Waals surface area contributed by atoms with Crippen molar-refractivity contribution >= 4 is 27.8 Å². The van der Waals surface area contributed by atoms with Crippen molar-refractivity contribution in [3.63, 3.8) is 0 Å². The summed E-state index contributed by atoms with van der Waals surface area (Å²) in [5, 5.41) is 4.16. The molecule has 4 aromatic rings. The molecule has 1 aromatic heterocycles. The van der Waals surface area contributed by atoms with Crippen LogP contribution in [-0.4, -0.2) is 31.7 Å². The van der Waals surface area contributed by atoms with E-state index in [0.29, 0.717) is 5.69 Å². The molecule has 1 N–H and O–H groups in total. The van der Waals surface area contributed by atoms with Crippen LogP contribution in [0.3, 0.4) is 0 Å². The van der Waals surface area contributed by atoms with E-state index in [2.05, 4.69) is 39.4 Å². The Morgan fingerprint density at radius 3 is 2.15 bits per heavy atom. The maximum Gasteiger partial charge on any atom is 0.264 e. The Morgan fingerprint density at radius 1 is 0.897 bits per heavy atom. The quantitative estimate of drug-likeness (QED) is 0.230. The summed E-state index contributed by atoms with van der Waals surface area (Å²) < 4.78 is 30.6. The summed E-state index contributed by atoms with van der Waals surface area (Å²) >= 11 is 0. The summed E-state index contributed by atoms with van der Waals surface area (Å²) in [5.74, 6) is -0.546. The number of amides is 1. The number of sulfonamides is 1. The summed E-state index contributed by atoms with van der Waals surface area (Å²) in [4.78, 5) is 13.1. The zero-order chi connectivity index (χ0) is 28.3. The first-order chi connectivity index (χ1) is 18.5. The van der Waals surface area contributed by atoms with Crippen LogP contribution in [0.5, 0.6) is 0 Å². The van der Waals surface area contributed by atoms with E-state index in [0.717, 1.165) is 43.6 Å². The highest BCUT2D eigenvalue weighted by Crippen LogP contribution is 2.28. The molecule has 0 fully saturated rings. The van der Waals surface area contributed by atoms with Gasteiger partial charge >= 0.3 is 0 Å². The molecule has 0 saturated carbocycles. The Kier molecular flexibility index (Phi) is 8.06. The van der Waals surface area contributed by atoms with Gasteiger partial charge in [-0.1, -0.05) is 47.5 Å². The minimum Gasteiger partial charge on any atom is -0.318 e. The van der Waals surface area contributed by atoms with Crippen molar-refractivity contribution < 1.29 is 13.2 Å². The van der Waals surface area contributed by atoms with Gasteiger partial charge in [0, 0.05) is 22.6 Å². The van der Waals surface area contributed by atoms with E-state index in [4.69, 9.17) is 0 Å². The molecule has 3 aromatic carbocycles. The second-order valence-corrected chi connectivity index (χ2v) is 11.7. The Hall–Kier alpha value is -4.17. The normalized spacial score (nSPS) is 11.6. The standard InChI is InChI=1S/C31H34N4O3S/c1-21-10-14-28(15-11-21)35-24(4)18-27(26(35)6)19-32-33-31(36)20-34(30-9-7-8-23(3)25(30)5)39(37,38)29-16-12-22(2)13-17-29/h7-19H,20H2,1-6H3,(H,33,36)/b32-19-. The summed E-state index contributed by atoms with van der Waals surface area (Å²) in [5.41, 5.74) is 10.7. The number of rotatable bonds is 8. The second-order valence-electron chi connectivity index (χ2n) is 9.83. The molecule has 0 radical (unpaired) electrons. The minimum absolute atomic E-state index is 0.119.